The van der Waals surface area contributed by atoms with Crippen molar-refractivity contribution in [1.82, 2.24) is 0 Å². The maximum Gasteiger partial charge on any atom is 0.331 e. The predicted octanol–water partition coefficient (Wildman–Crippen LogP) is 3.03. The molecule has 1 aliphatic rings. The Morgan fingerprint density at radius 1 is 1.47 bits per heavy atom. The zero-order valence-electron chi connectivity index (χ0n) is 11.2. The molecule has 0 aliphatic heterocycles. The number of carbonyl (C=O) groups excluding carboxylic acids is 1. The van der Waals surface area contributed by atoms with Crippen molar-refractivity contribution in [1.29, 1.82) is 0 Å². The van der Waals surface area contributed by atoms with Crippen LogP contribution in [-0.4, -0.2) is 11.6 Å². The Kier molecular flexibility index (Phi) is 3.47. The quantitative estimate of drug-likeness (QED) is 0.806. The lowest BCUT2D eigenvalue weighted by Crippen LogP contribution is -2.46. The van der Waals surface area contributed by atoms with E-state index in [9.17, 15) is 9.18 Å². The summed E-state index contributed by atoms with van der Waals surface area (Å²) in [5, 5.41) is 0. The fourth-order valence-corrected chi connectivity index (χ4v) is 2.84. The first-order chi connectivity index (χ1) is 8.65. The Labute approximate surface area is 120 Å². The normalized spacial score (nSPS) is 22.2. The van der Waals surface area contributed by atoms with Gasteiger partial charge < -0.3 is 10.5 Å². The van der Waals surface area contributed by atoms with Gasteiger partial charge in [-0.2, -0.15) is 0 Å². The molecule has 0 amide bonds. The minimum Gasteiger partial charge on any atom is -0.458 e. The number of fused-ring (bicyclic) bond motifs is 1. The van der Waals surface area contributed by atoms with Crippen molar-refractivity contribution in [2.45, 2.75) is 44.8 Å². The van der Waals surface area contributed by atoms with Crippen molar-refractivity contribution in [3.05, 3.63) is 33.5 Å². The summed E-state index contributed by atoms with van der Waals surface area (Å²) in [5.74, 6) is -0.801. The monoisotopic (exact) mass is 329 g/mol. The predicted molar refractivity (Wildman–Crippen MR) is 74.1 cm³/mol. The van der Waals surface area contributed by atoms with Crippen molar-refractivity contribution in [3.8, 4) is 0 Å². The number of benzene rings is 1. The minimum absolute atomic E-state index is 0.341. The van der Waals surface area contributed by atoms with Gasteiger partial charge in [0.2, 0.25) is 0 Å². The summed E-state index contributed by atoms with van der Waals surface area (Å²) in [6.07, 6.45) is 0.989. The van der Waals surface area contributed by atoms with Gasteiger partial charge in [-0.3, -0.25) is 0 Å². The van der Waals surface area contributed by atoms with Gasteiger partial charge in [0.1, 0.15) is 17.0 Å². The third kappa shape index (κ3) is 2.54. The number of nitrogens with two attached hydrogens (primary N) is 1. The van der Waals surface area contributed by atoms with Gasteiger partial charge in [-0.15, -0.1) is 0 Å². The molecule has 3 nitrogen and oxygen atoms in total. The number of esters is 1. The zero-order valence-corrected chi connectivity index (χ0v) is 12.8. The van der Waals surface area contributed by atoms with Gasteiger partial charge >= 0.3 is 5.97 Å². The third-order valence-corrected chi connectivity index (χ3v) is 4.07. The molecule has 1 unspecified atom stereocenters. The van der Waals surface area contributed by atoms with E-state index in [0.29, 0.717) is 22.9 Å². The number of ether oxygens (including phenoxy) is 1. The molecule has 1 atom stereocenters. The van der Waals surface area contributed by atoms with Crippen molar-refractivity contribution in [2.75, 3.05) is 0 Å². The van der Waals surface area contributed by atoms with E-state index in [1.165, 1.54) is 6.07 Å². The number of carbonyl (C=O) groups is 1. The lowest BCUT2D eigenvalue weighted by Gasteiger charge is -2.28. The SMILES string of the molecule is CC(C)(C)OC(=O)C1(N)CCc2c1ccc(F)c2Br. The molecule has 0 saturated carbocycles. The van der Waals surface area contributed by atoms with Crippen LogP contribution in [0.15, 0.2) is 16.6 Å². The Morgan fingerprint density at radius 3 is 2.68 bits per heavy atom. The van der Waals surface area contributed by atoms with Crippen LogP contribution in [0.25, 0.3) is 0 Å². The number of hydrogen-bond donors (Lipinski definition) is 1. The van der Waals surface area contributed by atoms with Crippen LogP contribution >= 0.6 is 15.9 Å². The van der Waals surface area contributed by atoms with Gasteiger partial charge in [0.05, 0.1) is 4.47 Å². The van der Waals surface area contributed by atoms with Crippen molar-refractivity contribution in [2.24, 2.45) is 5.73 Å². The van der Waals surface area contributed by atoms with E-state index in [4.69, 9.17) is 10.5 Å². The highest BCUT2D eigenvalue weighted by Crippen LogP contribution is 2.40. The third-order valence-electron chi connectivity index (χ3n) is 3.21. The molecule has 2 rings (SSSR count). The highest BCUT2D eigenvalue weighted by atomic mass is 79.9. The van der Waals surface area contributed by atoms with Gasteiger partial charge in [0.25, 0.3) is 0 Å². The molecule has 0 bridgehead atoms. The van der Waals surface area contributed by atoms with Crippen LogP contribution in [0.4, 0.5) is 4.39 Å². The number of halogens is 2. The molecule has 1 aliphatic carbocycles. The molecular weight excluding hydrogens is 313 g/mol. The summed E-state index contributed by atoms with van der Waals surface area (Å²) >= 11 is 3.21. The van der Waals surface area contributed by atoms with Crippen molar-refractivity contribution in [3.63, 3.8) is 0 Å². The van der Waals surface area contributed by atoms with Gasteiger partial charge in [0, 0.05) is 0 Å². The van der Waals surface area contributed by atoms with E-state index in [1.54, 1.807) is 26.8 Å². The molecule has 1 aromatic carbocycles. The first-order valence-electron chi connectivity index (χ1n) is 6.15. The van der Waals surface area contributed by atoms with E-state index in [0.717, 1.165) is 5.56 Å². The van der Waals surface area contributed by atoms with Crippen LogP contribution in [0.2, 0.25) is 0 Å². The topological polar surface area (TPSA) is 52.3 Å². The van der Waals surface area contributed by atoms with Crippen LogP contribution in [0.5, 0.6) is 0 Å². The van der Waals surface area contributed by atoms with Gasteiger partial charge in [-0.05, 0) is 66.7 Å². The summed E-state index contributed by atoms with van der Waals surface area (Å²) in [6, 6.07) is 2.90. The smallest absolute Gasteiger partial charge is 0.331 e. The lowest BCUT2D eigenvalue weighted by atomic mass is 9.93. The second kappa shape index (κ2) is 4.56. The summed E-state index contributed by atoms with van der Waals surface area (Å²) in [5.41, 5.74) is 5.85. The molecule has 0 spiro atoms. The molecule has 19 heavy (non-hydrogen) atoms. The highest BCUT2D eigenvalue weighted by Gasteiger charge is 2.45. The van der Waals surface area contributed by atoms with E-state index in [2.05, 4.69) is 15.9 Å². The first-order valence-corrected chi connectivity index (χ1v) is 6.94. The standard InChI is InChI=1S/C14H17BrFNO2/c1-13(2,3)19-12(18)14(17)7-6-8-9(14)4-5-10(16)11(8)15/h4-5H,6-7,17H2,1-3H3. The molecule has 5 heteroatoms. The summed E-state index contributed by atoms with van der Waals surface area (Å²) in [4.78, 5) is 12.3. The molecule has 0 saturated heterocycles. The molecule has 0 radical (unpaired) electrons. The second-order valence-corrected chi connectivity index (χ2v) is 6.65. The molecule has 0 aromatic heterocycles. The zero-order chi connectivity index (χ0) is 14.4. The molecular formula is C14H17BrFNO2. The van der Waals surface area contributed by atoms with Crippen molar-refractivity contribution < 1.29 is 13.9 Å². The maximum atomic E-state index is 13.5. The molecule has 0 heterocycles. The minimum atomic E-state index is -1.18. The fourth-order valence-electron chi connectivity index (χ4n) is 2.29. The van der Waals surface area contributed by atoms with Crippen LogP contribution in [0.1, 0.15) is 38.3 Å². The van der Waals surface area contributed by atoms with E-state index in [-0.39, 0.29) is 5.82 Å². The average Bonchev–Trinajstić information content (AvgIpc) is 2.61. The van der Waals surface area contributed by atoms with E-state index in [1.807, 2.05) is 0 Å². The van der Waals surface area contributed by atoms with Crippen LogP contribution in [-0.2, 0) is 21.5 Å². The maximum absolute atomic E-state index is 13.5. The first kappa shape index (κ1) is 14.5. The number of rotatable bonds is 1. The Morgan fingerprint density at radius 2 is 2.11 bits per heavy atom. The largest absolute Gasteiger partial charge is 0.458 e. The molecule has 104 valence electrons. The van der Waals surface area contributed by atoms with Crippen molar-refractivity contribution >= 4 is 21.9 Å². The van der Waals surface area contributed by atoms with Crippen LogP contribution in [0.3, 0.4) is 0 Å². The van der Waals surface area contributed by atoms with Crippen LogP contribution in [0, 0.1) is 5.82 Å². The second-order valence-electron chi connectivity index (χ2n) is 5.86. The Balaban J connectivity index is 2.40. The molecule has 0 fully saturated rings. The van der Waals surface area contributed by atoms with Gasteiger partial charge in [-0.25, -0.2) is 9.18 Å². The number of hydrogen-bond acceptors (Lipinski definition) is 3. The summed E-state index contributed by atoms with van der Waals surface area (Å²) < 4.78 is 19.3. The Bertz CT molecular complexity index is 539. The Hall–Kier alpha value is -0.940. The van der Waals surface area contributed by atoms with E-state index < -0.39 is 17.1 Å². The van der Waals surface area contributed by atoms with Gasteiger partial charge in [-0.1, -0.05) is 6.07 Å². The van der Waals surface area contributed by atoms with Crippen LogP contribution < -0.4 is 5.73 Å². The lowest BCUT2D eigenvalue weighted by molar-refractivity contribution is -0.162. The highest BCUT2D eigenvalue weighted by molar-refractivity contribution is 9.10. The molecule has 1 aromatic rings. The molecule has 2 N–H and O–H groups in total. The summed E-state index contributed by atoms with van der Waals surface area (Å²) in [6.45, 7) is 5.39. The van der Waals surface area contributed by atoms with E-state index >= 15 is 0 Å². The fraction of sp³-hybridized carbons (Fsp3) is 0.500. The summed E-state index contributed by atoms with van der Waals surface area (Å²) in [7, 11) is 0. The van der Waals surface area contributed by atoms with Gasteiger partial charge in [0.15, 0.2) is 0 Å². The average molecular weight is 330 g/mol.